The van der Waals surface area contributed by atoms with Gasteiger partial charge in [0.1, 0.15) is 12.1 Å². The first-order valence-electron chi connectivity index (χ1n) is 9.60. The Bertz CT molecular complexity index is 1170. The van der Waals surface area contributed by atoms with Crippen molar-refractivity contribution in [3.8, 4) is 11.4 Å². The molecule has 1 heterocycles. The molecule has 0 aliphatic carbocycles. The number of benzene rings is 3. The predicted octanol–water partition coefficient (Wildman–Crippen LogP) is 4.40. The molecule has 1 atom stereocenters. The monoisotopic (exact) mass is 418 g/mol. The van der Waals surface area contributed by atoms with Crippen molar-refractivity contribution in [1.82, 2.24) is 20.1 Å². The van der Waals surface area contributed by atoms with E-state index in [0.717, 1.165) is 22.0 Å². The third-order valence-corrected chi connectivity index (χ3v) is 5.80. The van der Waals surface area contributed by atoms with Crippen LogP contribution in [0.1, 0.15) is 18.5 Å². The molecule has 4 aromatic rings. The minimum atomic E-state index is -0.101. The Kier molecular flexibility index (Phi) is 5.99. The summed E-state index contributed by atoms with van der Waals surface area (Å²) < 4.78 is 7.25. The van der Waals surface area contributed by atoms with E-state index in [2.05, 4.69) is 39.8 Å². The molecule has 7 heteroatoms. The average molecular weight is 419 g/mol. The van der Waals surface area contributed by atoms with Gasteiger partial charge in [0.05, 0.1) is 24.6 Å². The van der Waals surface area contributed by atoms with Crippen molar-refractivity contribution < 1.29 is 9.53 Å². The normalized spacial score (nSPS) is 11.9. The Morgan fingerprint density at radius 2 is 1.87 bits per heavy atom. The zero-order valence-electron chi connectivity index (χ0n) is 16.8. The van der Waals surface area contributed by atoms with Gasteiger partial charge >= 0.3 is 0 Å². The lowest BCUT2D eigenvalue weighted by molar-refractivity contribution is -0.119. The van der Waals surface area contributed by atoms with E-state index in [1.165, 1.54) is 11.8 Å². The second kappa shape index (κ2) is 9.00. The van der Waals surface area contributed by atoms with Gasteiger partial charge < -0.3 is 10.1 Å². The van der Waals surface area contributed by atoms with E-state index in [-0.39, 0.29) is 17.7 Å². The lowest BCUT2D eigenvalue weighted by atomic mass is 10.00. The fourth-order valence-corrected chi connectivity index (χ4v) is 4.17. The summed E-state index contributed by atoms with van der Waals surface area (Å²) in [5.41, 5.74) is 1.93. The smallest absolute Gasteiger partial charge is 0.230 e. The van der Waals surface area contributed by atoms with Crippen LogP contribution >= 0.6 is 11.8 Å². The topological polar surface area (TPSA) is 69.0 Å². The highest BCUT2D eigenvalue weighted by Gasteiger charge is 2.15. The van der Waals surface area contributed by atoms with E-state index in [1.54, 1.807) is 13.4 Å². The highest BCUT2D eigenvalue weighted by Crippen LogP contribution is 2.27. The van der Waals surface area contributed by atoms with Gasteiger partial charge in [-0.3, -0.25) is 9.36 Å². The predicted molar refractivity (Wildman–Crippen MR) is 119 cm³/mol. The van der Waals surface area contributed by atoms with Crippen molar-refractivity contribution in [1.29, 1.82) is 0 Å². The second-order valence-corrected chi connectivity index (χ2v) is 7.74. The molecule has 1 amide bonds. The fourth-order valence-electron chi connectivity index (χ4n) is 3.44. The van der Waals surface area contributed by atoms with Gasteiger partial charge in [-0.2, -0.15) is 0 Å². The van der Waals surface area contributed by atoms with Crippen LogP contribution in [0.5, 0.6) is 5.75 Å². The van der Waals surface area contributed by atoms with E-state index in [0.29, 0.717) is 10.9 Å². The molecule has 3 aromatic carbocycles. The molecule has 152 valence electrons. The Hall–Kier alpha value is -3.32. The first kappa shape index (κ1) is 20.0. The van der Waals surface area contributed by atoms with Gasteiger partial charge in [-0.25, -0.2) is 0 Å². The molecule has 0 aliphatic heterocycles. The van der Waals surface area contributed by atoms with Crippen LogP contribution in [0.2, 0.25) is 0 Å². The molecule has 0 saturated carbocycles. The van der Waals surface area contributed by atoms with Crippen molar-refractivity contribution in [2.75, 3.05) is 12.9 Å². The second-order valence-electron chi connectivity index (χ2n) is 6.80. The van der Waals surface area contributed by atoms with Crippen molar-refractivity contribution >= 4 is 28.4 Å². The molecule has 0 spiro atoms. The van der Waals surface area contributed by atoms with Crippen LogP contribution in [0, 0.1) is 0 Å². The lowest BCUT2D eigenvalue weighted by Crippen LogP contribution is -2.28. The Labute approximate surface area is 179 Å². The minimum Gasteiger partial charge on any atom is -0.495 e. The molecule has 0 fully saturated rings. The third kappa shape index (κ3) is 4.16. The Balaban J connectivity index is 1.44. The molecule has 0 bridgehead atoms. The molecule has 30 heavy (non-hydrogen) atoms. The van der Waals surface area contributed by atoms with Gasteiger partial charge in [0.2, 0.25) is 5.91 Å². The SMILES string of the molecule is COc1ccccc1-n1cnnc1SCC(=O)N[C@H](C)c1cccc2ccccc12. The number of carbonyl (C=O) groups excluding carboxylic acids is 1. The van der Waals surface area contributed by atoms with Crippen LogP contribution < -0.4 is 10.1 Å². The molecule has 4 rings (SSSR count). The van der Waals surface area contributed by atoms with Crippen molar-refractivity contribution in [3.05, 3.63) is 78.6 Å². The quantitative estimate of drug-likeness (QED) is 0.451. The van der Waals surface area contributed by atoms with Crippen LogP contribution in [0.3, 0.4) is 0 Å². The van der Waals surface area contributed by atoms with E-state index in [4.69, 9.17) is 4.74 Å². The van der Waals surface area contributed by atoms with Crippen LogP contribution in [0.25, 0.3) is 16.5 Å². The number of nitrogens with one attached hydrogen (secondary N) is 1. The zero-order valence-corrected chi connectivity index (χ0v) is 17.6. The number of methoxy groups -OCH3 is 1. The molecular formula is C23H22N4O2S. The molecule has 0 unspecified atom stereocenters. The van der Waals surface area contributed by atoms with Crippen LogP contribution in [0.4, 0.5) is 0 Å². The van der Waals surface area contributed by atoms with Gasteiger partial charge in [0.15, 0.2) is 5.16 Å². The van der Waals surface area contributed by atoms with Crippen molar-refractivity contribution in [3.63, 3.8) is 0 Å². The highest BCUT2D eigenvalue weighted by molar-refractivity contribution is 7.99. The van der Waals surface area contributed by atoms with Gasteiger partial charge in [-0.1, -0.05) is 66.4 Å². The van der Waals surface area contributed by atoms with Crippen LogP contribution in [-0.2, 0) is 4.79 Å². The number of fused-ring (bicyclic) bond motifs is 1. The molecule has 0 aliphatic rings. The summed E-state index contributed by atoms with van der Waals surface area (Å²) in [5, 5.41) is 14.2. The minimum absolute atomic E-state index is 0.0602. The number of para-hydroxylation sites is 2. The summed E-state index contributed by atoms with van der Waals surface area (Å²) in [6, 6.07) is 21.9. The Morgan fingerprint density at radius 1 is 1.10 bits per heavy atom. The van der Waals surface area contributed by atoms with Gasteiger partial charge in [0, 0.05) is 0 Å². The van der Waals surface area contributed by atoms with E-state index < -0.39 is 0 Å². The average Bonchev–Trinajstić information content (AvgIpc) is 3.25. The molecule has 6 nitrogen and oxygen atoms in total. The fraction of sp³-hybridized carbons (Fsp3) is 0.174. The summed E-state index contributed by atoms with van der Waals surface area (Å²) in [7, 11) is 1.62. The largest absolute Gasteiger partial charge is 0.495 e. The first-order chi connectivity index (χ1) is 14.7. The van der Waals surface area contributed by atoms with Crippen LogP contribution in [0.15, 0.2) is 78.2 Å². The summed E-state index contributed by atoms with van der Waals surface area (Å²) >= 11 is 1.34. The van der Waals surface area contributed by atoms with Crippen molar-refractivity contribution in [2.24, 2.45) is 0 Å². The van der Waals surface area contributed by atoms with Gasteiger partial charge in [0.25, 0.3) is 0 Å². The third-order valence-electron chi connectivity index (χ3n) is 4.86. The molecule has 1 aromatic heterocycles. The molecule has 0 radical (unpaired) electrons. The number of aromatic nitrogens is 3. The number of amides is 1. The Morgan fingerprint density at radius 3 is 2.73 bits per heavy atom. The van der Waals surface area contributed by atoms with Gasteiger partial charge in [-0.05, 0) is 35.4 Å². The van der Waals surface area contributed by atoms with E-state index >= 15 is 0 Å². The van der Waals surface area contributed by atoms with Gasteiger partial charge in [-0.15, -0.1) is 10.2 Å². The highest BCUT2D eigenvalue weighted by atomic mass is 32.2. The van der Waals surface area contributed by atoms with E-state index in [1.807, 2.05) is 54.0 Å². The number of rotatable bonds is 7. The van der Waals surface area contributed by atoms with Crippen molar-refractivity contribution in [2.45, 2.75) is 18.1 Å². The van der Waals surface area contributed by atoms with E-state index in [9.17, 15) is 4.79 Å². The summed E-state index contributed by atoms with van der Waals surface area (Å²) in [4.78, 5) is 12.6. The standard InChI is InChI=1S/C23H22N4O2S/c1-16(18-11-7-9-17-8-3-4-10-19(17)18)25-22(28)14-30-23-26-24-15-27(23)20-12-5-6-13-21(20)29-2/h3-13,15-16H,14H2,1-2H3,(H,25,28)/t16-/m1/s1. The number of thioether (sulfide) groups is 1. The summed E-state index contributed by atoms with van der Waals surface area (Å²) in [6.45, 7) is 2.00. The maximum Gasteiger partial charge on any atom is 0.230 e. The number of ether oxygens (including phenoxy) is 1. The molecule has 0 saturated heterocycles. The summed E-state index contributed by atoms with van der Waals surface area (Å²) in [6.07, 6.45) is 1.62. The lowest BCUT2D eigenvalue weighted by Gasteiger charge is -2.16. The van der Waals surface area contributed by atoms with Crippen LogP contribution in [-0.4, -0.2) is 33.5 Å². The zero-order chi connectivity index (χ0) is 20.9. The number of carbonyl (C=O) groups is 1. The number of nitrogens with zero attached hydrogens (tertiary/aromatic N) is 3. The molecule has 1 N–H and O–H groups in total. The number of hydrogen-bond acceptors (Lipinski definition) is 5. The molecular weight excluding hydrogens is 396 g/mol. The number of hydrogen-bond donors (Lipinski definition) is 1. The first-order valence-corrected chi connectivity index (χ1v) is 10.6. The summed E-state index contributed by atoms with van der Waals surface area (Å²) in [5.74, 6) is 0.895. The maximum atomic E-state index is 12.6. The maximum absolute atomic E-state index is 12.6.